The number of aliphatic hydroxyl groups excluding tert-OH is 1. The van der Waals surface area contributed by atoms with E-state index >= 15 is 0 Å². The summed E-state index contributed by atoms with van der Waals surface area (Å²) >= 11 is 0. The number of nitrogens with two attached hydrogens (primary N) is 1. The Morgan fingerprint density at radius 2 is 2.11 bits per heavy atom. The van der Waals surface area contributed by atoms with Gasteiger partial charge in [0.25, 0.3) is 0 Å². The minimum Gasteiger partial charge on any atom is -0.394 e. The average Bonchev–Trinajstić information content (AvgIpc) is 2.39. The summed E-state index contributed by atoms with van der Waals surface area (Å²) in [6.07, 6.45) is 1.83. The minimum atomic E-state index is -0.0511. The number of anilines is 2. The van der Waals surface area contributed by atoms with E-state index < -0.39 is 0 Å². The summed E-state index contributed by atoms with van der Waals surface area (Å²) in [6, 6.07) is 3.70. The topological polar surface area (TPSA) is 97.0 Å². The number of aliphatic hydroxyl groups is 1. The summed E-state index contributed by atoms with van der Waals surface area (Å²) in [5.41, 5.74) is 7.98. The maximum atomic E-state index is 9.36. The van der Waals surface area contributed by atoms with Crippen molar-refractivity contribution in [3.8, 4) is 0 Å². The fourth-order valence-corrected chi connectivity index (χ4v) is 1.98. The molecule has 2 aromatic rings. The Labute approximate surface area is 112 Å². The van der Waals surface area contributed by atoms with Gasteiger partial charge in [-0.25, -0.2) is 9.97 Å². The van der Waals surface area contributed by atoms with E-state index in [-0.39, 0.29) is 18.6 Å². The maximum Gasteiger partial charge on any atom is 0.222 e. The van der Waals surface area contributed by atoms with Crippen LogP contribution in [0.2, 0.25) is 0 Å². The standard InChI is InChI=1S/C13H19N5O/c1-3-4-9(7-19)16-12-11-10(17-13(14)18-12)6-5-8(2)15-11/h5-6,9,19H,3-4,7H2,1-2H3,(H3,14,16,17,18). The first kappa shape index (κ1) is 13.5. The van der Waals surface area contributed by atoms with Crippen molar-refractivity contribution >= 4 is 22.8 Å². The van der Waals surface area contributed by atoms with Gasteiger partial charge < -0.3 is 16.2 Å². The van der Waals surface area contributed by atoms with Gasteiger partial charge in [0, 0.05) is 5.69 Å². The zero-order valence-corrected chi connectivity index (χ0v) is 11.2. The van der Waals surface area contributed by atoms with Gasteiger partial charge in [-0.15, -0.1) is 0 Å². The van der Waals surface area contributed by atoms with Crippen LogP contribution in [0.5, 0.6) is 0 Å². The van der Waals surface area contributed by atoms with E-state index in [1.54, 1.807) is 0 Å². The third-order valence-corrected chi connectivity index (χ3v) is 2.90. The minimum absolute atomic E-state index is 0.0467. The van der Waals surface area contributed by atoms with Crippen LogP contribution >= 0.6 is 0 Å². The number of aryl methyl sites for hydroxylation is 1. The number of hydrogen-bond acceptors (Lipinski definition) is 6. The summed E-state index contributed by atoms with van der Waals surface area (Å²) < 4.78 is 0. The molecule has 102 valence electrons. The lowest BCUT2D eigenvalue weighted by Gasteiger charge is -2.17. The van der Waals surface area contributed by atoms with Crippen molar-refractivity contribution in [1.29, 1.82) is 0 Å². The Balaban J connectivity index is 2.43. The monoisotopic (exact) mass is 261 g/mol. The molecular formula is C13H19N5O. The van der Waals surface area contributed by atoms with Gasteiger partial charge in [0.15, 0.2) is 5.82 Å². The molecule has 0 bridgehead atoms. The molecule has 6 heteroatoms. The van der Waals surface area contributed by atoms with Gasteiger partial charge in [-0.2, -0.15) is 4.98 Å². The van der Waals surface area contributed by atoms with Gasteiger partial charge in [0.05, 0.1) is 18.2 Å². The summed E-state index contributed by atoms with van der Waals surface area (Å²) in [5.74, 6) is 0.785. The highest BCUT2D eigenvalue weighted by Crippen LogP contribution is 2.20. The van der Waals surface area contributed by atoms with Crippen LogP contribution in [0.4, 0.5) is 11.8 Å². The molecule has 0 aliphatic heterocycles. The average molecular weight is 261 g/mol. The van der Waals surface area contributed by atoms with E-state index in [0.717, 1.165) is 18.5 Å². The lowest BCUT2D eigenvalue weighted by molar-refractivity contribution is 0.268. The van der Waals surface area contributed by atoms with Gasteiger partial charge in [-0.05, 0) is 25.5 Å². The first-order chi connectivity index (χ1) is 9.13. The second-order valence-electron chi connectivity index (χ2n) is 4.56. The van der Waals surface area contributed by atoms with Crippen LogP contribution in [-0.2, 0) is 0 Å². The molecule has 0 fully saturated rings. The van der Waals surface area contributed by atoms with E-state index in [1.165, 1.54) is 0 Å². The molecule has 0 aromatic carbocycles. The third kappa shape index (κ3) is 3.08. The number of nitrogen functional groups attached to an aromatic ring is 1. The zero-order valence-electron chi connectivity index (χ0n) is 11.2. The number of aromatic nitrogens is 3. The van der Waals surface area contributed by atoms with Crippen molar-refractivity contribution in [3.63, 3.8) is 0 Å². The van der Waals surface area contributed by atoms with E-state index in [0.29, 0.717) is 16.9 Å². The fourth-order valence-electron chi connectivity index (χ4n) is 1.98. The van der Waals surface area contributed by atoms with Crippen LogP contribution in [0.15, 0.2) is 12.1 Å². The van der Waals surface area contributed by atoms with Crippen molar-refractivity contribution in [2.45, 2.75) is 32.7 Å². The summed E-state index contributed by atoms with van der Waals surface area (Å²) in [6.45, 7) is 4.03. The second kappa shape index (κ2) is 5.79. The molecule has 0 amide bonds. The first-order valence-corrected chi connectivity index (χ1v) is 6.42. The van der Waals surface area contributed by atoms with E-state index in [9.17, 15) is 5.11 Å². The third-order valence-electron chi connectivity index (χ3n) is 2.90. The molecule has 4 N–H and O–H groups in total. The zero-order chi connectivity index (χ0) is 13.8. The predicted octanol–water partition coefficient (Wildman–Crippen LogP) is 1.49. The van der Waals surface area contributed by atoms with E-state index in [1.807, 2.05) is 19.1 Å². The Hall–Kier alpha value is -1.95. The molecule has 0 radical (unpaired) electrons. The number of nitrogens with one attached hydrogen (secondary N) is 1. The Morgan fingerprint density at radius 1 is 1.32 bits per heavy atom. The van der Waals surface area contributed by atoms with Gasteiger partial charge >= 0.3 is 0 Å². The molecule has 0 saturated carbocycles. The van der Waals surface area contributed by atoms with Crippen LogP contribution in [0.25, 0.3) is 11.0 Å². The van der Waals surface area contributed by atoms with Crippen LogP contribution in [0.3, 0.4) is 0 Å². The van der Waals surface area contributed by atoms with Crippen molar-refractivity contribution in [2.24, 2.45) is 0 Å². The van der Waals surface area contributed by atoms with Crippen LogP contribution in [0.1, 0.15) is 25.5 Å². The Morgan fingerprint density at radius 3 is 2.79 bits per heavy atom. The predicted molar refractivity (Wildman–Crippen MR) is 75.9 cm³/mol. The van der Waals surface area contributed by atoms with Crippen molar-refractivity contribution in [1.82, 2.24) is 15.0 Å². The summed E-state index contributed by atoms with van der Waals surface area (Å²) in [5, 5.41) is 12.6. The highest BCUT2D eigenvalue weighted by atomic mass is 16.3. The molecule has 0 saturated heterocycles. The number of hydrogen-bond donors (Lipinski definition) is 3. The normalized spacial score (nSPS) is 12.6. The van der Waals surface area contributed by atoms with Crippen molar-refractivity contribution in [3.05, 3.63) is 17.8 Å². The van der Waals surface area contributed by atoms with E-state index in [4.69, 9.17) is 5.73 Å². The van der Waals surface area contributed by atoms with Gasteiger partial charge in [0.1, 0.15) is 5.52 Å². The van der Waals surface area contributed by atoms with Crippen molar-refractivity contribution in [2.75, 3.05) is 17.7 Å². The molecule has 19 heavy (non-hydrogen) atoms. The molecule has 1 unspecified atom stereocenters. The quantitative estimate of drug-likeness (QED) is 0.754. The van der Waals surface area contributed by atoms with Crippen LogP contribution < -0.4 is 11.1 Å². The number of rotatable bonds is 5. The van der Waals surface area contributed by atoms with Gasteiger partial charge in [0.2, 0.25) is 5.95 Å². The molecule has 0 aliphatic rings. The van der Waals surface area contributed by atoms with Crippen molar-refractivity contribution < 1.29 is 5.11 Å². The first-order valence-electron chi connectivity index (χ1n) is 6.42. The molecular weight excluding hydrogens is 242 g/mol. The van der Waals surface area contributed by atoms with Crippen LogP contribution in [0, 0.1) is 6.92 Å². The lowest BCUT2D eigenvalue weighted by atomic mass is 10.2. The van der Waals surface area contributed by atoms with Gasteiger partial charge in [-0.3, -0.25) is 0 Å². The number of pyridine rings is 1. The molecule has 2 aromatic heterocycles. The molecule has 2 heterocycles. The Kier molecular flexibility index (Phi) is 4.11. The lowest BCUT2D eigenvalue weighted by Crippen LogP contribution is -2.24. The summed E-state index contributed by atoms with van der Waals surface area (Å²) in [4.78, 5) is 12.8. The fraction of sp³-hybridized carbons (Fsp3) is 0.462. The molecule has 6 nitrogen and oxygen atoms in total. The number of fused-ring (bicyclic) bond motifs is 1. The van der Waals surface area contributed by atoms with Gasteiger partial charge in [-0.1, -0.05) is 13.3 Å². The summed E-state index contributed by atoms with van der Waals surface area (Å²) in [7, 11) is 0. The maximum absolute atomic E-state index is 9.36. The Bertz CT molecular complexity index is 572. The SMILES string of the molecule is CCCC(CO)Nc1nc(N)nc2ccc(C)nc12. The molecule has 0 spiro atoms. The van der Waals surface area contributed by atoms with Crippen LogP contribution in [-0.4, -0.2) is 32.7 Å². The molecule has 2 rings (SSSR count). The largest absolute Gasteiger partial charge is 0.394 e. The highest BCUT2D eigenvalue weighted by Gasteiger charge is 2.12. The molecule has 1 atom stereocenters. The molecule has 0 aliphatic carbocycles. The smallest absolute Gasteiger partial charge is 0.222 e. The number of nitrogens with zero attached hydrogens (tertiary/aromatic N) is 3. The van der Waals surface area contributed by atoms with E-state index in [2.05, 4.69) is 27.2 Å². The second-order valence-corrected chi connectivity index (χ2v) is 4.56. The highest BCUT2D eigenvalue weighted by molar-refractivity contribution is 5.86.